The minimum atomic E-state index is -0.485. The number of aliphatic hydroxyl groups is 1. The third-order valence-electron chi connectivity index (χ3n) is 3.38. The van der Waals surface area contributed by atoms with Crippen LogP contribution >= 0.6 is 0 Å². The van der Waals surface area contributed by atoms with Crippen molar-refractivity contribution in [2.24, 2.45) is 5.92 Å². The molecule has 2 N–H and O–H groups in total. The van der Waals surface area contributed by atoms with Crippen LogP contribution in [0.4, 0.5) is 0 Å². The Morgan fingerprint density at radius 1 is 1.40 bits per heavy atom. The van der Waals surface area contributed by atoms with Crippen LogP contribution in [0.1, 0.15) is 45.3 Å². The highest BCUT2D eigenvalue weighted by Gasteiger charge is 2.09. The lowest BCUT2D eigenvalue weighted by Gasteiger charge is -2.17. The smallest absolute Gasteiger partial charge is 0.150 e. The first-order valence-electron chi connectivity index (χ1n) is 7.62. The van der Waals surface area contributed by atoms with Crippen LogP contribution in [0, 0.1) is 5.92 Å². The highest BCUT2D eigenvalue weighted by molar-refractivity contribution is 4.91. The van der Waals surface area contributed by atoms with E-state index >= 15 is 0 Å². The molecule has 1 aromatic rings. The number of unbranched alkanes of at least 4 members (excludes halogenated alkanes) is 1. The summed E-state index contributed by atoms with van der Waals surface area (Å²) in [6.07, 6.45) is 5.96. The van der Waals surface area contributed by atoms with E-state index in [4.69, 9.17) is 9.26 Å². The Labute approximate surface area is 121 Å². The van der Waals surface area contributed by atoms with Gasteiger partial charge >= 0.3 is 0 Å². The topological polar surface area (TPSA) is 67.5 Å². The van der Waals surface area contributed by atoms with Crippen LogP contribution in [-0.4, -0.2) is 36.1 Å². The molecule has 5 heteroatoms. The SMILES string of the molecule is CCCCC(CC)COCC(O)CNCc1ccno1. The molecule has 0 amide bonds. The maximum atomic E-state index is 9.81. The summed E-state index contributed by atoms with van der Waals surface area (Å²) in [6.45, 7) is 6.59. The second-order valence-electron chi connectivity index (χ2n) is 5.22. The van der Waals surface area contributed by atoms with Crippen molar-refractivity contribution in [2.75, 3.05) is 19.8 Å². The van der Waals surface area contributed by atoms with E-state index in [1.807, 2.05) is 0 Å². The van der Waals surface area contributed by atoms with Gasteiger partial charge in [-0.05, 0) is 12.3 Å². The summed E-state index contributed by atoms with van der Waals surface area (Å²) >= 11 is 0. The van der Waals surface area contributed by atoms with E-state index in [1.54, 1.807) is 12.3 Å². The maximum Gasteiger partial charge on any atom is 0.150 e. The molecule has 0 saturated carbocycles. The zero-order valence-electron chi connectivity index (χ0n) is 12.7. The predicted molar refractivity (Wildman–Crippen MR) is 78.3 cm³/mol. The first-order valence-corrected chi connectivity index (χ1v) is 7.62. The van der Waals surface area contributed by atoms with E-state index in [1.165, 1.54) is 19.3 Å². The Morgan fingerprint density at radius 3 is 2.90 bits per heavy atom. The molecular weight excluding hydrogens is 256 g/mol. The van der Waals surface area contributed by atoms with Gasteiger partial charge in [-0.25, -0.2) is 0 Å². The number of hydrogen-bond donors (Lipinski definition) is 2. The van der Waals surface area contributed by atoms with Gasteiger partial charge in [0.25, 0.3) is 0 Å². The average Bonchev–Trinajstić information content (AvgIpc) is 2.96. The molecule has 0 aliphatic rings. The maximum absolute atomic E-state index is 9.81. The zero-order chi connectivity index (χ0) is 14.6. The predicted octanol–water partition coefficient (Wildman–Crippen LogP) is 2.36. The van der Waals surface area contributed by atoms with Crippen molar-refractivity contribution >= 4 is 0 Å². The largest absolute Gasteiger partial charge is 0.389 e. The number of aliphatic hydroxyl groups excluding tert-OH is 1. The molecule has 0 aliphatic carbocycles. The number of nitrogens with zero attached hydrogens (tertiary/aromatic N) is 1. The van der Waals surface area contributed by atoms with Crippen LogP contribution < -0.4 is 5.32 Å². The van der Waals surface area contributed by atoms with Gasteiger partial charge in [0, 0.05) is 19.2 Å². The van der Waals surface area contributed by atoms with Crippen LogP contribution in [0.5, 0.6) is 0 Å². The molecule has 1 rings (SSSR count). The van der Waals surface area contributed by atoms with Gasteiger partial charge in [0.15, 0.2) is 0 Å². The molecule has 5 nitrogen and oxygen atoms in total. The lowest BCUT2D eigenvalue weighted by molar-refractivity contribution is 0.0190. The highest BCUT2D eigenvalue weighted by atomic mass is 16.5. The van der Waals surface area contributed by atoms with E-state index in [2.05, 4.69) is 24.3 Å². The van der Waals surface area contributed by atoms with Gasteiger partial charge in [-0.2, -0.15) is 0 Å². The summed E-state index contributed by atoms with van der Waals surface area (Å²) in [4.78, 5) is 0. The fraction of sp³-hybridized carbons (Fsp3) is 0.800. The van der Waals surface area contributed by atoms with Gasteiger partial charge in [0.2, 0.25) is 0 Å². The number of nitrogens with one attached hydrogen (secondary N) is 1. The normalized spacial score (nSPS) is 14.3. The fourth-order valence-corrected chi connectivity index (χ4v) is 2.02. The average molecular weight is 284 g/mol. The Bertz CT molecular complexity index is 317. The Hall–Kier alpha value is -0.910. The molecule has 116 valence electrons. The van der Waals surface area contributed by atoms with Crippen molar-refractivity contribution in [1.29, 1.82) is 0 Å². The Kier molecular flexibility index (Phi) is 9.28. The second-order valence-corrected chi connectivity index (χ2v) is 5.22. The first-order chi connectivity index (χ1) is 9.76. The van der Waals surface area contributed by atoms with E-state index in [0.717, 1.165) is 18.8 Å². The fourth-order valence-electron chi connectivity index (χ4n) is 2.02. The lowest BCUT2D eigenvalue weighted by Crippen LogP contribution is -2.30. The van der Waals surface area contributed by atoms with Crippen LogP contribution in [-0.2, 0) is 11.3 Å². The molecule has 1 aromatic heterocycles. The summed E-state index contributed by atoms with van der Waals surface area (Å²) in [7, 11) is 0. The summed E-state index contributed by atoms with van der Waals surface area (Å²) in [5, 5.41) is 16.5. The van der Waals surface area contributed by atoms with E-state index in [0.29, 0.717) is 25.6 Å². The molecule has 0 aromatic carbocycles. The zero-order valence-corrected chi connectivity index (χ0v) is 12.7. The molecule has 0 spiro atoms. The van der Waals surface area contributed by atoms with Gasteiger partial charge in [0.05, 0.1) is 25.5 Å². The van der Waals surface area contributed by atoms with Gasteiger partial charge < -0.3 is 19.7 Å². The third kappa shape index (κ3) is 7.62. The van der Waals surface area contributed by atoms with Crippen molar-refractivity contribution in [1.82, 2.24) is 10.5 Å². The van der Waals surface area contributed by atoms with Crippen molar-refractivity contribution < 1.29 is 14.4 Å². The van der Waals surface area contributed by atoms with Gasteiger partial charge in [0.1, 0.15) is 5.76 Å². The van der Waals surface area contributed by atoms with Crippen molar-refractivity contribution in [3.8, 4) is 0 Å². The number of rotatable bonds is 12. The highest BCUT2D eigenvalue weighted by Crippen LogP contribution is 2.12. The number of hydrogen-bond acceptors (Lipinski definition) is 5. The van der Waals surface area contributed by atoms with Crippen molar-refractivity contribution in [3.05, 3.63) is 18.0 Å². The molecule has 0 fully saturated rings. The first kappa shape index (κ1) is 17.1. The molecule has 0 radical (unpaired) electrons. The second kappa shape index (κ2) is 10.8. The quantitative estimate of drug-likeness (QED) is 0.617. The van der Waals surface area contributed by atoms with Crippen LogP contribution in [0.3, 0.4) is 0 Å². The molecule has 20 heavy (non-hydrogen) atoms. The van der Waals surface area contributed by atoms with Gasteiger partial charge in [-0.15, -0.1) is 0 Å². The summed E-state index contributed by atoms with van der Waals surface area (Å²) < 4.78 is 10.6. The van der Waals surface area contributed by atoms with E-state index in [-0.39, 0.29) is 0 Å². The van der Waals surface area contributed by atoms with Gasteiger partial charge in [-0.3, -0.25) is 0 Å². The summed E-state index contributed by atoms with van der Waals surface area (Å²) in [5.41, 5.74) is 0. The Balaban J connectivity index is 2.02. The standard InChI is InChI=1S/C15H28N2O3/c1-3-5-6-13(4-2)11-19-12-14(18)9-16-10-15-7-8-17-20-15/h7-8,13-14,16,18H,3-6,9-12H2,1-2H3. The van der Waals surface area contributed by atoms with Crippen molar-refractivity contribution in [2.45, 2.75) is 52.2 Å². The molecule has 0 aliphatic heterocycles. The molecule has 2 unspecified atom stereocenters. The molecule has 2 atom stereocenters. The van der Waals surface area contributed by atoms with E-state index < -0.39 is 6.10 Å². The summed E-state index contributed by atoms with van der Waals surface area (Å²) in [6, 6.07) is 1.80. The molecular formula is C15H28N2O3. The third-order valence-corrected chi connectivity index (χ3v) is 3.38. The van der Waals surface area contributed by atoms with Crippen LogP contribution in [0.15, 0.2) is 16.8 Å². The monoisotopic (exact) mass is 284 g/mol. The molecule has 0 bridgehead atoms. The van der Waals surface area contributed by atoms with E-state index in [9.17, 15) is 5.11 Å². The number of aromatic nitrogens is 1. The number of ether oxygens (including phenoxy) is 1. The molecule has 0 saturated heterocycles. The van der Waals surface area contributed by atoms with Gasteiger partial charge in [-0.1, -0.05) is 38.3 Å². The lowest BCUT2D eigenvalue weighted by atomic mass is 10.0. The van der Waals surface area contributed by atoms with Crippen LogP contribution in [0.2, 0.25) is 0 Å². The Morgan fingerprint density at radius 2 is 2.25 bits per heavy atom. The minimum Gasteiger partial charge on any atom is -0.389 e. The summed E-state index contributed by atoms with van der Waals surface area (Å²) in [5.74, 6) is 1.38. The van der Waals surface area contributed by atoms with Crippen molar-refractivity contribution in [3.63, 3.8) is 0 Å². The molecule has 1 heterocycles. The minimum absolute atomic E-state index is 0.381. The van der Waals surface area contributed by atoms with Crippen LogP contribution in [0.25, 0.3) is 0 Å².